The zero-order chi connectivity index (χ0) is 18.2. The maximum absolute atomic E-state index is 12.1. The van der Waals surface area contributed by atoms with Crippen LogP contribution in [0.25, 0.3) is 0 Å². The van der Waals surface area contributed by atoms with Crippen LogP contribution in [0.15, 0.2) is 41.5 Å². The highest BCUT2D eigenvalue weighted by Gasteiger charge is 2.11. The van der Waals surface area contributed by atoms with Crippen molar-refractivity contribution in [2.24, 2.45) is 5.10 Å². The van der Waals surface area contributed by atoms with Gasteiger partial charge in [-0.3, -0.25) is 4.79 Å². The molecule has 25 heavy (non-hydrogen) atoms. The van der Waals surface area contributed by atoms with Crippen molar-refractivity contribution in [1.29, 1.82) is 0 Å². The number of hydrazone groups is 1. The molecule has 0 aliphatic heterocycles. The van der Waals surface area contributed by atoms with Crippen LogP contribution in [0.4, 0.5) is 5.69 Å². The minimum absolute atomic E-state index is 0.362. The zero-order valence-electron chi connectivity index (χ0n) is 14.1. The standard InChI is InChI=1S/C18H20IN3O3/c1-3-8-25-17-14(19)9-12(10-16(17)24-2)11-21-22-18(23)13-6-4-5-7-15(13)20/h4-7,9-11H,3,8,20H2,1-2H3,(H,22,23)/b21-11-. The molecule has 132 valence electrons. The Morgan fingerprint density at radius 1 is 1.36 bits per heavy atom. The summed E-state index contributed by atoms with van der Waals surface area (Å²) in [5, 5.41) is 3.99. The molecule has 0 aliphatic carbocycles. The molecule has 6 nitrogen and oxygen atoms in total. The van der Waals surface area contributed by atoms with Gasteiger partial charge in [-0.15, -0.1) is 0 Å². The highest BCUT2D eigenvalue weighted by atomic mass is 127. The number of nitrogen functional groups attached to an aromatic ring is 1. The van der Waals surface area contributed by atoms with E-state index in [0.717, 1.165) is 15.6 Å². The quantitative estimate of drug-likeness (QED) is 0.291. The number of nitrogens with zero attached hydrogens (tertiary/aromatic N) is 1. The highest BCUT2D eigenvalue weighted by molar-refractivity contribution is 14.1. The number of amides is 1. The van der Waals surface area contributed by atoms with Crippen LogP contribution in [0.3, 0.4) is 0 Å². The second-order valence-electron chi connectivity index (χ2n) is 5.17. The van der Waals surface area contributed by atoms with Gasteiger partial charge in [0.05, 0.1) is 29.1 Å². The molecule has 2 aromatic carbocycles. The van der Waals surface area contributed by atoms with Gasteiger partial charge in [-0.2, -0.15) is 5.10 Å². The topological polar surface area (TPSA) is 85.9 Å². The molecule has 0 heterocycles. The molecular formula is C18H20IN3O3. The van der Waals surface area contributed by atoms with Crippen LogP contribution in [0.1, 0.15) is 29.3 Å². The number of ether oxygens (including phenoxy) is 2. The second-order valence-corrected chi connectivity index (χ2v) is 6.33. The predicted octanol–water partition coefficient (Wildman–Crippen LogP) is 3.43. The third-order valence-electron chi connectivity index (χ3n) is 3.29. The smallest absolute Gasteiger partial charge is 0.273 e. The number of hydrogen-bond donors (Lipinski definition) is 2. The number of methoxy groups -OCH3 is 1. The van der Waals surface area contributed by atoms with Crippen molar-refractivity contribution in [3.63, 3.8) is 0 Å². The fourth-order valence-corrected chi connectivity index (χ4v) is 2.87. The summed E-state index contributed by atoms with van der Waals surface area (Å²) in [5.41, 5.74) is 9.82. The van der Waals surface area contributed by atoms with Crippen molar-refractivity contribution in [2.75, 3.05) is 19.5 Å². The molecule has 0 fully saturated rings. The molecule has 0 aromatic heterocycles. The molecule has 0 atom stereocenters. The summed E-state index contributed by atoms with van der Waals surface area (Å²) in [4.78, 5) is 12.1. The molecule has 3 N–H and O–H groups in total. The normalized spacial score (nSPS) is 10.7. The van der Waals surface area contributed by atoms with E-state index in [1.165, 1.54) is 0 Å². The Hall–Kier alpha value is -2.29. The maximum Gasteiger partial charge on any atom is 0.273 e. The van der Waals surface area contributed by atoms with Crippen LogP contribution in [-0.4, -0.2) is 25.8 Å². The maximum atomic E-state index is 12.1. The minimum Gasteiger partial charge on any atom is -0.493 e. The first-order chi connectivity index (χ1) is 12.1. The Morgan fingerprint density at radius 3 is 2.80 bits per heavy atom. The molecular weight excluding hydrogens is 433 g/mol. The van der Waals surface area contributed by atoms with Crippen molar-refractivity contribution in [1.82, 2.24) is 5.43 Å². The van der Waals surface area contributed by atoms with Gasteiger partial charge in [0.25, 0.3) is 5.91 Å². The fraction of sp³-hybridized carbons (Fsp3) is 0.222. The van der Waals surface area contributed by atoms with Crippen LogP contribution in [0, 0.1) is 3.57 Å². The molecule has 0 bridgehead atoms. The first-order valence-electron chi connectivity index (χ1n) is 7.75. The van der Waals surface area contributed by atoms with Gasteiger partial charge in [-0.1, -0.05) is 19.1 Å². The first kappa shape index (κ1) is 19.0. The summed E-state index contributed by atoms with van der Waals surface area (Å²) in [6, 6.07) is 10.5. The lowest BCUT2D eigenvalue weighted by molar-refractivity contribution is 0.0956. The van der Waals surface area contributed by atoms with Gasteiger partial charge in [0.2, 0.25) is 0 Å². The van der Waals surface area contributed by atoms with Crippen LogP contribution in [-0.2, 0) is 0 Å². The zero-order valence-corrected chi connectivity index (χ0v) is 16.2. The second kappa shape index (κ2) is 9.26. The van der Waals surface area contributed by atoms with Crippen molar-refractivity contribution >= 4 is 40.4 Å². The van der Waals surface area contributed by atoms with E-state index in [1.54, 1.807) is 43.7 Å². The van der Waals surface area contributed by atoms with Gasteiger partial charge >= 0.3 is 0 Å². The van der Waals surface area contributed by atoms with Crippen molar-refractivity contribution in [3.05, 3.63) is 51.1 Å². The molecule has 0 aliphatic rings. The molecule has 0 spiro atoms. The number of para-hydroxylation sites is 1. The average molecular weight is 453 g/mol. The van der Waals surface area contributed by atoms with Gasteiger partial charge in [-0.25, -0.2) is 5.43 Å². The SMILES string of the molecule is CCCOc1c(I)cc(/C=N\NC(=O)c2ccccc2N)cc1OC. The van der Waals surface area contributed by atoms with Gasteiger partial charge in [0, 0.05) is 5.69 Å². The number of rotatable bonds is 7. The Labute approximate surface area is 160 Å². The van der Waals surface area contributed by atoms with Crippen molar-refractivity contribution in [2.45, 2.75) is 13.3 Å². The van der Waals surface area contributed by atoms with E-state index in [4.69, 9.17) is 15.2 Å². The van der Waals surface area contributed by atoms with E-state index in [1.807, 2.05) is 13.0 Å². The Morgan fingerprint density at radius 2 is 2.12 bits per heavy atom. The number of nitrogens with two attached hydrogens (primary N) is 1. The summed E-state index contributed by atoms with van der Waals surface area (Å²) < 4.78 is 12.0. The Kier molecular flexibility index (Phi) is 7.05. The van der Waals surface area contributed by atoms with Crippen LogP contribution < -0.4 is 20.6 Å². The van der Waals surface area contributed by atoms with Crippen molar-refractivity contribution in [3.8, 4) is 11.5 Å². The summed E-state index contributed by atoms with van der Waals surface area (Å²) in [7, 11) is 1.59. The van der Waals surface area contributed by atoms with E-state index in [2.05, 4.69) is 33.1 Å². The van der Waals surface area contributed by atoms with Gasteiger partial charge in [-0.05, 0) is 58.8 Å². The summed E-state index contributed by atoms with van der Waals surface area (Å²) in [6.45, 7) is 2.66. The molecule has 7 heteroatoms. The predicted molar refractivity (Wildman–Crippen MR) is 107 cm³/mol. The largest absolute Gasteiger partial charge is 0.493 e. The third-order valence-corrected chi connectivity index (χ3v) is 4.09. The third kappa shape index (κ3) is 5.09. The molecule has 2 rings (SSSR count). The average Bonchev–Trinajstić information content (AvgIpc) is 2.60. The molecule has 1 amide bonds. The van der Waals surface area contributed by atoms with E-state index >= 15 is 0 Å². The summed E-state index contributed by atoms with van der Waals surface area (Å²) >= 11 is 2.18. The summed E-state index contributed by atoms with van der Waals surface area (Å²) in [5.74, 6) is 0.975. The van der Waals surface area contributed by atoms with Gasteiger partial charge in [0.1, 0.15) is 0 Å². The molecule has 0 saturated carbocycles. The molecule has 0 unspecified atom stereocenters. The fourth-order valence-electron chi connectivity index (χ4n) is 2.09. The number of carbonyl (C=O) groups is 1. The van der Waals surface area contributed by atoms with Crippen LogP contribution in [0.2, 0.25) is 0 Å². The minimum atomic E-state index is -0.362. The van der Waals surface area contributed by atoms with Crippen molar-refractivity contribution < 1.29 is 14.3 Å². The highest BCUT2D eigenvalue weighted by Crippen LogP contribution is 2.33. The van der Waals surface area contributed by atoms with E-state index < -0.39 is 0 Å². The lowest BCUT2D eigenvalue weighted by Crippen LogP contribution is -2.19. The lowest BCUT2D eigenvalue weighted by Gasteiger charge is -2.12. The number of anilines is 1. The van der Waals surface area contributed by atoms with E-state index in [-0.39, 0.29) is 5.91 Å². The molecule has 2 aromatic rings. The monoisotopic (exact) mass is 453 g/mol. The summed E-state index contributed by atoms with van der Waals surface area (Å²) in [6.07, 6.45) is 2.46. The number of benzene rings is 2. The number of nitrogens with one attached hydrogen (secondary N) is 1. The van der Waals surface area contributed by atoms with Gasteiger partial charge in [0.15, 0.2) is 11.5 Å². The molecule has 0 saturated heterocycles. The number of carbonyl (C=O) groups excluding carboxylic acids is 1. The van der Waals surface area contributed by atoms with Gasteiger partial charge < -0.3 is 15.2 Å². The lowest BCUT2D eigenvalue weighted by atomic mass is 10.2. The van der Waals surface area contributed by atoms with Crippen LogP contribution in [0.5, 0.6) is 11.5 Å². The Bertz CT molecular complexity index is 778. The Balaban J connectivity index is 2.12. The number of halogens is 1. The molecule has 0 radical (unpaired) electrons. The number of hydrogen-bond acceptors (Lipinski definition) is 5. The van der Waals surface area contributed by atoms with Crippen LogP contribution >= 0.6 is 22.6 Å². The van der Waals surface area contributed by atoms with E-state index in [9.17, 15) is 4.79 Å². The van der Waals surface area contributed by atoms with E-state index in [0.29, 0.717) is 29.4 Å². The first-order valence-corrected chi connectivity index (χ1v) is 8.83.